The lowest BCUT2D eigenvalue weighted by Crippen LogP contribution is -2.43. The average molecular weight is 412 g/mol. The molecular weight excluding hydrogens is 399 g/mol. The third kappa shape index (κ3) is 3.34. The predicted octanol–water partition coefficient (Wildman–Crippen LogP) is 1.67. The first kappa shape index (κ1) is 19.1. The fraction of sp³-hybridized carbons (Fsp3) is 0.167. The van der Waals surface area contributed by atoms with Crippen LogP contribution in [0.15, 0.2) is 58.9 Å². The van der Waals surface area contributed by atoms with Crippen LogP contribution in [0.3, 0.4) is 0 Å². The van der Waals surface area contributed by atoms with Crippen molar-refractivity contribution in [3.05, 3.63) is 64.5 Å². The number of halogens is 1. The summed E-state index contributed by atoms with van der Waals surface area (Å²) in [7, 11) is 0. The van der Waals surface area contributed by atoms with E-state index >= 15 is 0 Å². The summed E-state index contributed by atoms with van der Waals surface area (Å²) >= 11 is 0. The standard InChI is InChI=1S/C18H13FN6O5/c19-10-2-1-3-11(8-10)20-14(26)9-23-16-15(21-22-23)17(27)24(18(16)28)12-4-6-13(7-5-12)25(29)30/h1-8,15-16H,9H2,(H,20,26)/t15-,16+/m1/s1. The predicted molar refractivity (Wildman–Crippen MR) is 99.8 cm³/mol. The van der Waals surface area contributed by atoms with Crippen LogP contribution in [-0.2, 0) is 14.4 Å². The number of carbonyl (C=O) groups is 3. The van der Waals surface area contributed by atoms with E-state index in [1.165, 1.54) is 42.5 Å². The quantitative estimate of drug-likeness (QED) is 0.450. The van der Waals surface area contributed by atoms with Gasteiger partial charge in [-0.1, -0.05) is 11.3 Å². The summed E-state index contributed by atoms with van der Waals surface area (Å²) in [6.45, 7) is -0.381. The third-order valence-electron chi connectivity index (χ3n) is 4.59. The van der Waals surface area contributed by atoms with Gasteiger partial charge >= 0.3 is 0 Å². The van der Waals surface area contributed by atoms with Gasteiger partial charge in [-0.3, -0.25) is 29.5 Å². The topological polar surface area (TPSA) is 138 Å². The van der Waals surface area contributed by atoms with Crippen molar-refractivity contribution in [3.8, 4) is 0 Å². The van der Waals surface area contributed by atoms with Gasteiger partial charge in [0.1, 0.15) is 12.4 Å². The molecule has 30 heavy (non-hydrogen) atoms. The molecule has 2 aliphatic rings. The number of carbonyl (C=O) groups excluding carboxylic acids is 3. The second kappa shape index (κ2) is 7.31. The monoisotopic (exact) mass is 412 g/mol. The Morgan fingerprint density at radius 3 is 2.57 bits per heavy atom. The van der Waals surface area contributed by atoms with E-state index in [9.17, 15) is 28.9 Å². The zero-order valence-electron chi connectivity index (χ0n) is 15.1. The third-order valence-corrected chi connectivity index (χ3v) is 4.59. The molecule has 2 atom stereocenters. The number of nitro benzene ring substituents is 1. The van der Waals surface area contributed by atoms with Gasteiger partial charge in [0.05, 0.1) is 10.6 Å². The Bertz CT molecular complexity index is 1090. The molecule has 0 spiro atoms. The summed E-state index contributed by atoms with van der Waals surface area (Å²) in [5.74, 6) is -2.39. The molecule has 0 unspecified atom stereocenters. The molecule has 2 aromatic rings. The van der Waals surface area contributed by atoms with Crippen molar-refractivity contribution >= 4 is 34.8 Å². The molecule has 0 aromatic heterocycles. The number of imide groups is 1. The molecule has 0 bridgehead atoms. The molecule has 2 aromatic carbocycles. The Hall–Kier alpha value is -4.22. The van der Waals surface area contributed by atoms with Gasteiger partial charge in [-0.05, 0) is 30.3 Å². The van der Waals surface area contributed by atoms with Crippen molar-refractivity contribution in [2.24, 2.45) is 10.3 Å². The fourth-order valence-electron chi connectivity index (χ4n) is 3.25. The van der Waals surface area contributed by atoms with Gasteiger partial charge in [0.15, 0.2) is 12.1 Å². The highest BCUT2D eigenvalue weighted by Crippen LogP contribution is 2.32. The first-order valence-electron chi connectivity index (χ1n) is 8.70. The van der Waals surface area contributed by atoms with E-state index in [1.807, 2.05) is 0 Å². The molecule has 3 amide bonds. The number of fused-ring (bicyclic) bond motifs is 1. The zero-order chi connectivity index (χ0) is 21.4. The van der Waals surface area contributed by atoms with Gasteiger partial charge in [-0.25, -0.2) is 9.29 Å². The number of rotatable bonds is 5. The van der Waals surface area contributed by atoms with Crippen molar-refractivity contribution in [1.82, 2.24) is 5.01 Å². The summed E-state index contributed by atoms with van der Waals surface area (Å²) in [6.07, 6.45) is 0. The van der Waals surface area contributed by atoms with E-state index in [-0.39, 0.29) is 23.6 Å². The lowest BCUT2D eigenvalue weighted by Gasteiger charge is -2.20. The maximum Gasteiger partial charge on any atom is 0.269 e. The number of hydrogen-bond acceptors (Lipinski definition) is 8. The number of nitrogens with zero attached hydrogens (tertiary/aromatic N) is 5. The van der Waals surface area contributed by atoms with Gasteiger partial charge in [-0.15, -0.1) is 0 Å². The molecule has 4 rings (SSSR count). The highest BCUT2D eigenvalue weighted by Gasteiger charge is 2.55. The minimum atomic E-state index is -1.12. The SMILES string of the molecule is O=C(CN1N=N[C@H]2C(=O)N(c3ccc([N+](=O)[O-])cc3)C(=O)[C@H]21)Nc1cccc(F)c1. The fourth-order valence-corrected chi connectivity index (χ4v) is 3.25. The van der Waals surface area contributed by atoms with Crippen LogP contribution in [0.2, 0.25) is 0 Å². The number of nitrogens with one attached hydrogen (secondary N) is 1. The van der Waals surface area contributed by atoms with Gasteiger partial charge < -0.3 is 5.32 Å². The van der Waals surface area contributed by atoms with E-state index in [2.05, 4.69) is 15.7 Å². The number of amides is 3. The average Bonchev–Trinajstić information content (AvgIpc) is 3.21. The maximum absolute atomic E-state index is 13.2. The van der Waals surface area contributed by atoms with E-state index in [0.29, 0.717) is 0 Å². The Balaban J connectivity index is 1.48. The molecule has 1 N–H and O–H groups in total. The molecular formula is C18H13FN6O5. The number of benzene rings is 2. The van der Waals surface area contributed by atoms with Crippen LogP contribution < -0.4 is 10.2 Å². The second-order valence-corrected chi connectivity index (χ2v) is 6.54. The summed E-state index contributed by atoms with van der Waals surface area (Å²) < 4.78 is 13.2. The zero-order valence-corrected chi connectivity index (χ0v) is 15.1. The minimum Gasteiger partial charge on any atom is -0.324 e. The smallest absolute Gasteiger partial charge is 0.269 e. The number of hydrogen-bond donors (Lipinski definition) is 1. The summed E-state index contributed by atoms with van der Waals surface area (Å²) in [5.41, 5.74) is 0.201. The van der Waals surface area contributed by atoms with Crippen LogP contribution in [0.5, 0.6) is 0 Å². The molecule has 2 heterocycles. The largest absolute Gasteiger partial charge is 0.324 e. The molecule has 0 aliphatic carbocycles. The molecule has 1 saturated heterocycles. The Labute approximate surface area is 167 Å². The van der Waals surface area contributed by atoms with E-state index in [4.69, 9.17) is 0 Å². The van der Waals surface area contributed by atoms with E-state index in [1.54, 1.807) is 0 Å². The van der Waals surface area contributed by atoms with Crippen molar-refractivity contribution in [2.45, 2.75) is 12.1 Å². The molecule has 0 radical (unpaired) electrons. The van der Waals surface area contributed by atoms with Crippen LogP contribution in [-0.4, -0.2) is 46.3 Å². The highest BCUT2D eigenvalue weighted by molar-refractivity contribution is 6.25. The van der Waals surface area contributed by atoms with Gasteiger partial charge in [0.25, 0.3) is 17.5 Å². The summed E-state index contributed by atoms with van der Waals surface area (Å²) in [6, 6.07) is 7.98. The minimum absolute atomic E-state index is 0.157. The first-order valence-corrected chi connectivity index (χ1v) is 8.70. The molecule has 0 saturated carbocycles. The highest BCUT2D eigenvalue weighted by atomic mass is 19.1. The van der Waals surface area contributed by atoms with Gasteiger partial charge in [-0.2, -0.15) is 5.11 Å². The van der Waals surface area contributed by atoms with Crippen LogP contribution in [0.4, 0.5) is 21.5 Å². The van der Waals surface area contributed by atoms with Gasteiger partial charge in [0, 0.05) is 17.8 Å². The Kier molecular flexibility index (Phi) is 4.66. The number of anilines is 2. The van der Waals surface area contributed by atoms with Crippen LogP contribution in [0.1, 0.15) is 0 Å². The number of non-ortho nitro benzene ring substituents is 1. The van der Waals surface area contributed by atoms with Crippen molar-refractivity contribution in [2.75, 3.05) is 16.8 Å². The van der Waals surface area contributed by atoms with E-state index < -0.39 is 40.5 Å². The Morgan fingerprint density at radius 2 is 1.90 bits per heavy atom. The van der Waals surface area contributed by atoms with Crippen LogP contribution >= 0.6 is 0 Å². The molecule has 11 nitrogen and oxygen atoms in total. The molecule has 2 aliphatic heterocycles. The maximum atomic E-state index is 13.2. The van der Waals surface area contributed by atoms with Gasteiger partial charge in [0.2, 0.25) is 5.91 Å². The second-order valence-electron chi connectivity index (χ2n) is 6.54. The molecule has 1 fully saturated rings. The normalized spacial score (nSPS) is 19.9. The van der Waals surface area contributed by atoms with Crippen LogP contribution in [0, 0.1) is 15.9 Å². The lowest BCUT2D eigenvalue weighted by atomic mass is 10.1. The summed E-state index contributed by atoms with van der Waals surface area (Å²) in [4.78, 5) is 48.8. The van der Waals surface area contributed by atoms with Crippen molar-refractivity contribution in [1.29, 1.82) is 0 Å². The van der Waals surface area contributed by atoms with Crippen molar-refractivity contribution in [3.63, 3.8) is 0 Å². The van der Waals surface area contributed by atoms with Crippen molar-refractivity contribution < 1.29 is 23.7 Å². The summed E-state index contributed by atoms with van der Waals surface area (Å²) in [5, 5.41) is 21.9. The number of nitro groups is 1. The van der Waals surface area contributed by atoms with Crippen LogP contribution in [0.25, 0.3) is 0 Å². The van der Waals surface area contributed by atoms with E-state index in [0.717, 1.165) is 16.0 Å². The molecule has 12 heteroatoms. The first-order chi connectivity index (χ1) is 14.3. The Morgan fingerprint density at radius 1 is 1.17 bits per heavy atom. The lowest BCUT2D eigenvalue weighted by molar-refractivity contribution is -0.384. The molecule has 152 valence electrons.